The molecule has 0 saturated carbocycles. The quantitative estimate of drug-likeness (QED) is 0.494. The first-order valence-corrected chi connectivity index (χ1v) is 8.72. The smallest absolute Gasteiger partial charge is 0.209 e. The summed E-state index contributed by atoms with van der Waals surface area (Å²) in [6, 6.07) is 19.8. The van der Waals surface area contributed by atoms with E-state index in [-0.39, 0.29) is 5.78 Å². The second kappa shape index (κ2) is 6.60. The Morgan fingerprint density at radius 3 is 2.62 bits per heavy atom. The summed E-state index contributed by atoms with van der Waals surface area (Å²) in [4.78, 5) is 17.4. The van der Waals surface area contributed by atoms with Gasteiger partial charge in [0.05, 0.1) is 11.2 Å². The third-order valence-electron chi connectivity index (χ3n) is 4.73. The van der Waals surface area contributed by atoms with E-state index >= 15 is 0 Å². The van der Waals surface area contributed by atoms with Gasteiger partial charge in [0.2, 0.25) is 5.78 Å². The van der Waals surface area contributed by atoms with Gasteiger partial charge in [-0.1, -0.05) is 42.0 Å². The molecule has 2 heterocycles. The van der Waals surface area contributed by atoms with Crippen LogP contribution in [0.3, 0.4) is 0 Å². The van der Waals surface area contributed by atoms with Crippen molar-refractivity contribution in [3.8, 4) is 0 Å². The Labute approximate surface area is 152 Å². The highest BCUT2D eigenvalue weighted by Crippen LogP contribution is 2.19. The zero-order valence-corrected chi connectivity index (χ0v) is 14.9. The summed E-state index contributed by atoms with van der Waals surface area (Å²) in [6.45, 7) is 4.73. The normalized spacial score (nSPS) is 11.0. The van der Waals surface area contributed by atoms with Crippen LogP contribution in [0.1, 0.15) is 32.7 Å². The van der Waals surface area contributed by atoms with Gasteiger partial charge in [-0.15, -0.1) is 0 Å². The molecule has 0 amide bonds. The van der Waals surface area contributed by atoms with Gasteiger partial charge < -0.3 is 4.57 Å². The molecule has 0 radical (unpaired) electrons. The predicted molar refractivity (Wildman–Crippen MR) is 105 cm³/mol. The first-order chi connectivity index (χ1) is 12.6. The fourth-order valence-electron chi connectivity index (χ4n) is 3.23. The van der Waals surface area contributed by atoms with E-state index in [1.807, 2.05) is 72.4 Å². The maximum Gasteiger partial charge on any atom is 0.209 e. The Kier molecular flexibility index (Phi) is 4.13. The van der Waals surface area contributed by atoms with E-state index in [0.717, 1.165) is 22.0 Å². The van der Waals surface area contributed by atoms with Crippen molar-refractivity contribution in [2.75, 3.05) is 0 Å². The van der Waals surface area contributed by atoms with E-state index in [2.05, 4.69) is 24.0 Å². The van der Waals surface area contributed by atoms with Gasteiger partial charge in [0.25, 0.3) is 0 Å². The lowest BCUT2D eigenvalue weighted by atomic mass is 10.1. The van der Waals surface area contributed by atoms with Crippen molar-refractivity contribution < 1.29 is 4.79 Å². The fourth-order valence-corrected chi connectivity index (χ4v) is 3.23. The Balaban J connectivity index is 1.66. The molecular weight excluding hydrogens is 320 g/mol. The van der Waals surface area contributed by atoms with Gasteiger partial charge in [-0.3, -0.25) is 9.78 Å². The van der Waals surface area contributed by atoms with E-state index in [9.17, 15) is 4.79 Å². The number of nitrogens with zero attached hydrogens (tertiary/aromatic N) is 2. The van der Waals surface area contributed by atoms with Gasteiger partial charge in [-0.05, 0) is 49.2 Å². The fraction of sp³-hybridized carbons (Fsp3) is 0.130. The highest BCUT2D eigenvalue weighted by molar-refractivity contribution is 6.08. The summed E-state index contributed by atoms with van der Waals surface area (Å²) in [7, 11) is 0. The SMILES string of the molecule is Cc1ccc(C(=O)c2cccn2Cc2cnc3cccc(C)c3c2)cc1. The first-order valence-electron chi connectivity index (χ1n) is 8.72. The number of rotatable bonds is 4. The standard InChI is InChI=1S/C23H20N2O/c1-16-8-10-19(11-9-16)23(26)22-7-4-12-25(22)15-18-13-20-17(2)5-3-6-21(20)24-14-18/h3-14H,15H2,1-2H3. The van der Waals surface area contributed by atoms with Crippen molar-refractivity contribution in [2.45, 2.75) is 20.4 Å². The Bertz CT molecular complexity index is 1090. The summed E-state index contributed by atoms with van der Waals surface area (Å²) in [5.74, 6) is 0.0416. The molecule has 0 spiro atoms. The van der Waals surface area contributed by atoms with Crippen molar-refractivity contribution in [1.82, 2.24) is 9.55 Å². The Morgan fingerprint density at radius 1 is 1.00 bits per heavy atom. The van der Waals surface area contributed by atoms with Crippen LogP contribution >= 0.6 is 0 Å². The molecule has 3 heteroatoms. The van der Waals surface area contributed by atoms with Gasteiger partial charge >= 0.3 is 0 Å². The van der Waals surface area contributed by atoms with Crippen LogP contribution in [0.2, 0.25) is 0 Å². The lowest BCUT2D eigenvalue weighted by Crippen LogP contribution is -2.10. The molecular formula is C23H20N2O. The van der Waals surface area contributed by atoms with Crippen LogP contribution in [0.25, 0.3) is 10.9 Å². The zero-order chi connectivity index (χ0) is 18.1. The van der Waals surface area contributed by atoms with Crippen LogP contribution in [0, 0.1) is 13.8 Å². The third-order valence-corrected chi connectivity index (χ3v) is 4.73. The minimum Gasteiger partial charge on any atom is -0.340 e. The number of hydrogen-bond donors (Lipinski definition) is 0. The molecule has 0 aliphatic rings. The third kappa shape index (κ3) is 3.04. The molecule has 2 aromatic carbocycles. The number of benzene rings is 2. The van der Waals surface area contributed by atoms with Crippen LogP contribution in [-0.2, 0) is 6.54 Å². The number of hydrogen-bond acceptors (Lipinski definition) is 2. The van der Waals surface area contributed by atoms with Crippen LogP contribution in [0.15, 0.2) is 73.1 Å². The van der Waals surface area contributed by atoms with Gasteiger partial charge in [0, 0.05) is 29.9 Å². The molecule has 4 aromatic rings. The van der Waals surface area contributed by atoms with E-state index in [4.69, 9.17) is 0 Å². The van der Waals surface area contributed by atoms with Gasteiger partial charge in [0.15, 0.2) is 0 Å². The number of carbonyl (C=O) groups excluding carboxylic acids is 1. The highest BCUT2D eigenvalue weighted by atomic mass is 16.1. The number of aryl methyl sites for hydroxylation is 2. The highest BCUT2D eigenvalue weighted by Gasteiger charge is 2.13. The number of carbonyl (C=O) groups is 1. The number of pyridine rings is 1. The minimum absolute atomic E-state index is 0.0416. The van der Waals surface area contributed by atoms with E-state index in [0.29, 0.717) is 17.8 Å². The van der Waals surface area contributed by atoms with E-state index in [1.54, 1.807) is 0 Å². The van der Waals surface area contributed by atoms with Crippen LogP contribution < -0.4 is 0 Å². The second-order valence-electron chi connectivity index (χ2n) is 6.70. The van der Waals surface area contributed by atoms with Crippen molar-refractivity contribution >= 4 is 16.7 Å². The van der Waals surface area contributed by atoms with Crippen LogP contribution in [0.4, 0.5) is 0 Å². The summed E-state index contributed by atoms with van der Waals surface area (Å²) in [5, 5.41) is 1.16. The van der Waals surface area contributed by atoms with E-state index in [1.165, 1.54) is 5.56 Å². The summed E-state index contributed by atoms with van der Waals surface area (Å²) in [5.41, 5.74) is 5.84. The van der Waals surface area contributed by atoms with E-state index < -0.39 is 0 Å². The lowest BCUT2D eigenvalue weighted by molar-refractivity contribution is 0.103. The average molecular weight is 340 g/mol. The van der Waals surface area contributed by atoms with Crippen LogP contribution in [0.5, 0.6) is 0 Å². The van der Waals surface area contributed by atoms with Crippen molar-refractivity contribution in [2.24, 2.45) is 0 Å². The summed E-state index contributed by atoms with van der Waals surface area (Å²) < 4.78 is 1.99. The van der Waals surface area contributed by atoms with Crippen molar-refractivity contribution in [1.29, 1.82) is 0 Å². The molecule has 0 bridgehead atoms. The first kappa shape index (κ1) is 16.3. The molecule has 0 N–H and O–H groups in total. The molecule has 2 aromatic heterocycles. The number of ketones is 1. The zero-order valence-electron chi connectivity index (χ0n) is 14.9. The molecule has 0 fully saturated rings. The molecule has 4 rings (SSSR count). The van der Waals surface area contributed by atoms with Crippen molar-refractivity contribution in [3.63, 3.8) is 0 Å². The topological polar surface area (TPSA) is 34.9 Å². The molecule has 26 heavy (non-hydrogen) atoms. The molecule has 3 nitrogen and oxygen atoms in total. The Morgan fingerprint density at radius 2 is 1.81 bits per heavy atom. The van der Waals surface area contributed by atoms with Gasteiger partial charge in [0.1, 0.15) is 0 Å². The maximum absolute atomic E-state index is 12.9. The summed E-state index contributed by atoms with van der Waals surface area (Å²) in [6.07, 6.45) is 3.84. The number of aromatic nitrogens is 2. The monoisotopic (exact) mass is 340 g/mol. The Hall–Kier alpha value is -3.20. The molecule has 0 saturated heterocycles. The van der Waals surface area contributed by atoms with Gasteiger partial charge in [-0.2, -0.15) is 0 Å². The lowest BCUT2D eigenvalue weighted by Gasteiger charge is -2.10. The van der Waals surface area contributed by atoms with Crippen LogP contribution in [-0.4, -0.2) is 15.3 Å². The predicted octanol–water partition coefficient (Wildman–Crippen LogP) is 4.93. The summed E-state index contributed by atoms with van der Waals surface area (Å²) >= 11 is 0. The maximum atomic E-state index is 12.9. The number of fused-ring (bicyclic) bond motifs is 1. The average Bonchev–Trinajstić information content (AvgIpc) is 3.10. The minimum atomic E-state index is 0.0416. The molecule has 0 aliphatic heterocycles. The molecule has 0 unspecified atom stereocenters. The second-order valence-corrected chi connectivity index (χ2v) is 6.70. The molecule has 0 aliphatic carbocycles. The molecule has 0 atom stereocenters. The molecule has 128 valence electrons. The van der Waals surface area contributed by atoms with Gasteiger partial charge in [-0.25, -0.2) is 0 Å². The largest absolute Gasteiger partial charge is 0.340 e. The van der Waals surface area contributed by atoms with Crippen molar-refractivity contribution in [3.05, 3.63) is 101 Å².